The summed E-state index contributed by atoms with van der Waals surface area (Å²) >= 11 is 0. The lowest BCUT2D eigenvalue weighted by atomic mass is 10.1. The van der Waals surface area contributed by atoms with Crippen molar-refractivity contribution in [1.29, 1.82) is 0 Å². The fraction of sp³-hybridized carbons (Fsp3) is 0.200. The van der Waals surface area contributed by atoms with Crippen LogP contribution in [0, 0.1) is 11.6 Å². The molecule has 1 unspecified atom stereocenters. The van der Waals surface area contributed by atoms with E-state index in [0.717, 1.165) is 11.7 Å². The number of hydrogen-bond acceptors (Lipinski definition) is 3. The van der Waals surface area contributed by atoms with Crippen LogP contribution in [0.3, 0.4) is 0 Å². The molecule has 21 heavy (non-hydrogen) atoms. The zero-order valence-electron chi connectivity index (χ0n) is 11.4. The molecule has 0 saturated heterocycles. The number of fused-ring (bicyclic) bond motifs is 1. The van der Waals surface area contributed by atoms with Crippen LogP contribution in [0.2, 0.25) is 0 Å². The first kappa shape index (κ1) is 13.6. The normalized spacial score (nSPS) is 12.7. The summed E-state index contributed by atoms with van der Waals surface area (Å²) in [5.74, 6) is -0.938. The van der Waals surface area contributed by atoms with Crippen molar-refractivity contribution < 1.29 is 8.78 Å². The molecule has 0 aliphatic carbocycles. The predicted octanol–water partition coefficient (Wildman–Crippen LogP) is 2.86. The van der Waals surface area contributed by atoms with Crippen molar-refractivity contribution >= 4 is 5.65 Å². The van der Waals surface area contributed by atoms with Gasteiger partial charge >= 0.3 is 0 Å². The highest BCUT2D eigenvalue weighted by molar-refractivity contribution is 5.37. The molecule has 2 aromatic heterocycles. The van der Waals surface area contributed by atoms with E-state index >= 15 is 0 Å². The third-order valence-electron chi connectivity index (χ3n) is 3.40. The van der Waals surface area contributed by atoms with Crippen molar-refractivity contribution in [3.8, 4) is 0 Å². The SMILES string of the molecule is CC(NCc1nnc2ccccn12)c1cccc(F)c1F. The summed E-state index contributed by atoms with van der Waals surface area (Å²) in [7, 11) is 0. The summed E-state index contributed by atoms with van der Waals surface area (Å²) in [4.78, 5) is 0. The van der Waals surface area contributed by atoms with E-state index in [0.29, 0.717) is 17.9 Å². The third-order valence-corrected chi connectivity index (χ3v) is 3.40. The molecule has 0 radical (unpaired) electrons. The van der Waals surface area contributed by atoms with E-state index in [1.165, 1.54) is 6.07 Å². The number of pyridine rings is 1. The summed E-state index contributed by atoms with van der Waals surface area (Å²) in [6, 6.07) is 9.46. The lowest BCUT2D eigenvalue weighted by molar-refractivity contribution is 0.469. The van der Waals surface area contributed by atoms with Crippen molar-refractivity contribution in [1.82, 2.24) is 19.9 Å². The van der Waals surface area contributed by atoms with E-state index in [-0.39, 0.29) is 6.04 Å². The van der Waals surface area contributed by atoms with E-state index in [9.17, 15) is 8.78 Å². The van der Waals surface area contributed by atoms with Crippen LogP contribution in [-0.2, 0) is 6.54 Å². The van der Waals surface area contributed by atoms with E-state index < -0.39 is 11.6 Å². The van der Waals surface area contributed by atoms with Crippen LogP contribution in [0.25, 0.3) is 5.65 Å². The van der Waals surface area contributed by atoms with E-state index in [4.69, 9.17) is 0 Å². The molecule has 6 heteroatoms. The maximum absolute atomic E-state index is 13.7. The topological polar surface area (TPSA) is 42.2 Å². The summed E-state index contributed by atoms with van der Waals surface area (Å²) < 4.78 is 28.8. The molecular weight excluding hydrogens is 274 g/mol. The van der Waals surface area contributed by atoms with Crippen molar-refractivity contribution in [3.05, 3.63) is 65.6 Å². The minimum Gasteiger partial charge on any atom is -0.303 e. The molecule has 0 spiro atoms. The molecule has 3 aromatic rings. The Morgan fingerprint density at radius 2 is 2.00 bits per heavy atom. The third kappa shape index (κ3) is 2.62. The quantitative estimate of drug-likeness (QED) is 0.802. The van der Waals surface area contributed by atoms with E-state index in [1.54, 1.807) is 13.0 Å². The average Bonchev–Trinajstić information content (AvgIpc) is 2.91. The zero-order valence-corrected chi connectivity index (χ0v) is 11.4. The molecule has 3 rings (SSSR count). The molecular formula is C15H14F2N4. The van der Waals surface area contributed by atoms with Gasteiger partial charge in [-0.3, -0.25) is 4.40 Å². The van der Waals surface area contributed by atoms with Gasteiger partial charge in [-0.05, 0) is 25.1 Å². The lowest BCUT2D eigenvalue weighted by Crippen LogP contribution is -2.21. The minimum atomic E-state index is -0.839. The van der Waals surface area contributed by atoms with Gasteiger partial charge in [-0.25, -0.2) is 8.78 Å². The smallest absolute Gasteiger partial charge is 0.163 e. The maximum Gasteiger partial charge on any atom is 0.163 e. The van der Waals surface area contributed by atoms with Gasteiger partial charge in [0.25, 0.3) is 0 Å². The summed E-state index contributed by atoms with van der Waals surface area (Å²) in [5.41, 5.74) is 1.04. The summed E-state index contributed by atoms with van der Waals surface area (Å²) in [5, 5.41) is 11.3. The van der Waals surface area contributed by atoms with Gasteiger partial charge in [0, 0.05) is 17.8 Å². The first-order valence-electron chi connectivity index (χ1n) is 6.63. The highest BCUT2D eigenvalue weighted by atomic mass is 19.2. The van der Waals surface area contributed by atoms with Gasteiger partial charge in [0.15, 0.2) is 23.1 Å². The van der Waals surface area contributed by atoms with Gasteiger partial charge in [-0.2, -0.15) is 0 Å². The molecule has 1 aromatic carbocycles. The lowest BCUT2D eigenvalue weighted by Gasteiger charge is -2.14. The van der Waals surface area contributed by atoms with Crippen LogP contribution in [-0.4, -0.2) is 14.6 Å². The first-order valence-corrected chi connectivity index (χ1v) is 6.63. The number of benzene rings is 1. The van der Waals surface area contributed by atoms with Crippen LogP contribution in [0.5, 0.6) is 0 Å². The fourth-order valence-corrected chi connectivity index (χ4v) is 2.22. The Morgan fingerprint density at radius 1 is 1.14 bits per heavy atom. The molecule has 0 amide bonds. The highest BCUT2D eigenvalue weighted by Crippen LogP contribution is 2.19. The molecule has 1 N–H and O–H groups in total. The fourth-order valence-electron chi connectivity index (χ4n) is 2.22. The Morgan fingerprint density at radius 3 is 2.86 bits per heavy atom. The van der Waals surface area contributed by atoms with Gasteiger partial charge in [-0.1, -0.05) is 18.2 Å². The second-order valence-electron chi connectivity index (χ2n) is 4.79. The largest absolute Gasteiger partial charge is 0.303 e. The summed E-state index contributed by atoms with van der Waals surface area (Å²) in [6.07, 6.45) is 1.86. The number of halogens is 2. The first-order chi connectivity index (χ1) is 10.2. The van der Waals surface area contributed by atoms with Crippen molar-refractivity contribution in [2.24, 2.45) is 0 Å². The van der Waals surface area contributed by atoms with Gasteiger partial charge in [-0.15, -0.1) is 10.2 Å². The zero-order chi connectivity index (χ0) is 14.8. The Bertz CT molecular complexity index is 769. The highest BCUT2D eigenvalue weighted by Gasteiger charge is 2.14. The number of nitrogens with zero attached hydrogens (tertiary/aromatic N) is 3. The van der Waals surface area contributed by atoms with Crippen LogP contribution in [0.1, 0.15) is 24.4 Å². The molecule has 0 saturated carbocycles. The summed E-state index contributed by atoms with van der Waals surface area (Å²) in [6.45, 7) is 2.18. The number of nitrogens with one attached hydrogen (secondary N) is 1. The number of rotatable bonds is 4. The molecule has 0 bridgehead atoms. The Kier molecular flexibility index (Phi) is 3.62. The number of hydrogen-bond donors (Lipinski definition) is 1. The van der Waals surface area contributed by atoms with Crippen LogP contribution < -0.4 is 5.32 Å². The molecule has 1 atom stereocenters. The van der Waals surface area contributed by atoms with Gasteiger partial charge < -0.3 is 5.32 Å². The molecule has 0 aliphatic heterocycles. The minimum absolute atomic E-state index is 0.295. The standard InChI is InChI=1S/C15H14F2N4/c1-10(11-5-4-6-12(16)15(11)17)18-9-14-20-19-13-7-2-3-8-21(13)14/h2-8,10,18H,9H2,1H3. The van der Waals surface area contributed by atoms with Gasteiger partial charge in [0.2, 0.25) is 0 Å². The molecule has 108 valence electrons. The molecule has 4 nitrogen and oxygen atoms in total. The Labute approximate surface area is 120 Å². The second-order valence-corrected chi connectivity index (χ2v) is 4.79. The van der Waals surface area contributed by atoms with Crippen molar-refractivity contribution in [3.63, 3.8) is 0 Å². The molecule has 2 heterocycles. The second kappa shape index (κ2) is 5.57. The van der Waals surface area contributed by atoms with Gasteiger partial charge in [0.1, 0.15) is 0 Å². The predicted molar refractivity (Wildman–Crippen MR) is 74.6 cm³/mol. The van der Waals surface area contributed by atoms with Crippen molar-refractivity contribution in [2.45, 2.75) is 19.5 Å². The van der Waals surface area contributed by atoms with Crippen LogP contribution in [0.15, 0.2) is 42.6 Å². The van der Waals surface area contributed by atoms with Crippen molar-refractivity contribution in [2.75, 3.05) is 0 Å². The van der Waals surface area contributed by atoms with Gasteiger partial charge in [0.05, 0.1) is 6.54 Å². The maximum atomic E-state index is 13.7. The number of aromatic nitrogens is 3. The van der Waals surface area contributed by atoms with E-state index in [2.05, 4.69) is 15.5 Å². The average molecular weight is 288 g/mol. The molecule has 0 aliphatic rings. The van der Waals surface area contributed by atoms with Crippen LogP contribution in [0.4, 0.5) is 8.78 Å². The van der Waals surface area contributed by atoms with Crippen LogP contribution >= 0.6 is 0 Å². The Balaban J connectivity index is 1.77. The monoisotopic (exact) mass is 288 g/mol. The van der Waals surface area contributed by atoms with E-state index in [1.807, 2.05) is 28.8 Å². The Hall–Kier alpha value is -2.34. The molecule has 0 fully saturated rings.